The number of nitrogens with zero attached hydrogens (tertiary/aromatic N) is 2. The van der Waals surface area contributed by atoms with Crippen LogP contribution >= 0.6 is 34.5 Å². The molecule has 5 nitrogen and oxygen atoms in total. The van der Waals surface area contributed by atoms with Gasteiger partial charge in [-0.1, -0.05) is 29.3 Å². The van der Waals surface area contributed by atoms with Crippen molar-refractivity contribution in [2.24, 2.45) is 0 Å². The number of aryl methyl sites for hydroxylation is 1. The summed E-state index contributed by atoms with van der Waals surface area (Å²) in [6.45, 7) is 2.64. The van der Waals surface area contributed by atoms with E-state index in [1.54, 1.807) is 35.3 Å². The van der Waals surface area contributed by atoms with E-state index in [-0.39, 0.29) is 5.91 Å². The first kappa shape index (κ1) is 22.3. The summed E-state index contributed by atoms with van der Waals surface area (Å²) in [7, 11) is 0. The fourth-order valence-electron chi connectivity index (χ4n) is 3.04. The maximum Gasteiger partial charge on any atom is 0.265 e. The van der Waals surface area contributed by atoms with Gasteiger partial charge in [0.1, 0.15) is 18.2 Å². The minimum atomic E-state index is -0.392. The van der Waals surface area contributed by atoms with Crippen LogP contribution in [0.3, 0.4) is 0 Å². The second-order valence-electron chi connectivity index (χ2n) is 7.13. The van der Waals surface area contributed by atoms with Crippen LogP contribution in [0, 0.1) is 12.7 Å². The summed E-state index contributed by atoms with van der Waals surface area (Å²) in [5.74, 6) is 0.125. The Morgan fingerprint density at radius 1 is 1.22 bits per heavy atom. The van der Waals surface area contributed by atoms with E-state index in [4.69, 9.17) is 27.9 Å². The molecule has 4 aromatic rings. The molecule has 32 heavy (non-hydrogen) atoms. The van der Waals surface area contributed by atoms with E-state index < -0.39 is 5.82 Å². The van der Waals surface area contributed by atoms with Crippen molar-refractivity contribution in [3.8, 4) is 5.75 Å². The molecule has 0 radical (unpaired) electrons. The van der Waals surface area contributed by atoms with Gasteiger partial charge in [0.05, 0.1) is 23.3 Å². The standard InChI is InChI=1S/C23H18Cl2FN3O2S/c1-14-6-17(24)3-5-21(14)31-12-15-7-22(32-13-15)23(30)28-19-9-27-29(11-19)10-16-2-4-18(26)8-20(16)25/h2-9,11,13H,10,12H2,1H3,(H,28,30). The third kappa shape index (κ3) is 5.48. The van der Waals surface area contributed by atoms with Gasteiger partial charge in [-0.2, -0.15) is 5.10 Å². The van der Waals surface area contributed by atoms with Crippen molar-refractivity contribution in [1.29, 1.82) is 0 Å². The lowest BCUT2D eigenvalue weighted by Gasteiger charge is -2.08. The van der Waals surface area contributed by atoms with E-state index in [0.29, 0.717) is 33.8 Å². The molecule has 0 aliphatic rings. The lowest BCUT2D eigenvalue weighted by molar-refractivity contribution is 0.103. The Morgan fingerprint density at radius 2 is 2.06 bits per heavy atom. The van der Waals surface area contributed by atoms with Gasteiger partial charge in [-0.3, -0.25) is 9.48 Å². The van der Waals surface area contributed by atoms with Gasteiger partial charge in [-0.25, -0.2) is 4.39 Å². The maximum absolute atomic E-state index is 13.2. The number of hydrogen-bond acceptors (Lipinski definition) is 4. The Labute approximate surface area is 198 Å². The van der Waals surface area contributed by atoms with Crippen molar-refractivity contribution >= 4 is 46.1 Å². The Hall–Kier alpha value is -2.87. The molecule has 0 unspecified atom stereocenters. The highest BCUT2D eigenvalue weighted by atomic mass is 35.5. The fraction of sp³-hybridized carbons (Fsp3) is 0.130. The second-order valence-corrected chi connectivity index (χ2v) is 8.89. The summed E-state index contributed by atoms with van der Waals surface area (Å²) in [5.41, 5.74) is 3.13. The molecule has 0 aliphatic heterocycles. The van der Waals surface area contributed by atoms with Gasteiger partial charge >= 0.3 is 0 Å². The first-order valence-electron chi connectivity index (χ1n) is 9.61. The second kappa shape index (κ2) is 9.73. The van der Waals surface area contributed by atoms with Gasteiger partial charge in [0.2, 0.25) is 0 Å². The third-order valence-corrected chi connectivity index (χ3v) is 6.21. The van der Waals surface area contributed by atoms with Crippen molar-refractivity contribution in [3.05, 3.63) is 97.7 Å². The van der Waals surface area contributed by atoms with Gasteiger partial charge in [0.25, 0.3) is 5.91 Å². The summed E-state index contributed by atoms with van der Waals surface area (Å²) in [5, 5.41) is 9.93. The lowest BCUT2D eigenvalue weighted by atomic mass is 10.2. The number of carbonyl (C=O) groups excluding carboxylic acids is 1. The smallest absolute Gasteiger partial charge is 0.265 e. The first-order chi connectivity index (χ1) is 15.4. The monoisotopic (exact) mass is 489 g/mol. The van der Waals surface area contributed by atoms with Gasteiger partial charge in [-0.05, 0) is 59.8 Å². The van der Waals surface area contributed by atoms with Crippen molar-refractivity contribution in [2.45, 2.75) is 20.1 Å². The normalized spacial score (nSPS) is 10.9. The van der Waals surface area contributed by atoms with E-state index in [0.717, 1.165) is 22.4 Å². The number of benzene rings is 2. The molecule has 164 valence electrons. The van der Waals surface area contributed by atoms with E-state index in [1.807, 2.05) is 24.4 Å². The number of carbonyl (C=O) groups is 1. The number of nitrogens with one attached hydrogen (secondary N) is 1. The molecule has 4 rings (SSSR count). The number of rotatable bonds is 7. The number of aromatic nitrogens is 2. The highest BCUT2D eigenvalue weighted by Gasteiger charge is 2.12. The average Bonchev–Trinajstić information content (AvgIpc) is 3.39. The number of amides is 1. The fourth-order valence-corrected chi connectivity index (χ4v) is 4.28. The summed E-state index contributed by atoms with van der Waals surface area (Å²) in [4.78, 5) is 13.2. The molecule has 2 aromatic heterocycles. The van der Waals surface area contributed by atoms with Crippen molar-refractivity contribution < 1.29 is 13.9 Å². The predicted molar refractivity (Wildman–Crippen MR) is 126 cm³/mol. The van der Waals surface area contributed by atoms with Crippen molar-refractivity contribution in [1.82, 2.24) is 9.78 Å². The molecule has 2 aromatic carbocycles. The number of ether oxygens (including phenoxy) is 1. The van der Waals surface area contributed by atoms with Gasteiger partial charge < -0.3 is 10.1 Å². The topological polar surface area (TPSA) is 56.1 Å². The minimum absolute atomic E-state index is 0.233. The van der Waals surface area contributed by atoms with Crippen LogP contribution in [0.15, 0.2) is 60.2 Å². The zero-order chi connectivity index (χ0) is 22.7. The molecule has 0 bridgehead atoms. The van der Waals surface area contributed by atoms with Crippen LogP contribution in [0.25, 0.3) is 0 Å². The molecule has 9 heteroatoms. The molecule has 0 aliphatic carbocycles. The molecule has 2 heterocycles. The van der Waals surface area contributed by atoms with Gasteiger partial charge in [-0.15, -0.1) is 11.3 Å². The van der Waals surface area contributed by atoms with Gasteiger partial charge in [0.15, 0.2) is 0 Å². The Balaban J connectivity index is 1.35. The average molecular weight is 490 g/mol. The quantitative estimate of drug-likeness (QED) is 0.319. The molecular formula is C23H18Cl2FN3O2S. The highest BCUT2D eigenvalue weighted by Crippen LogP contribution is 2.24. The van der Waals surface area contributed by atoms with Crippen LogP contribution in [-0.2, 0) is 13.2 Å². The number of anilines is 1. The molecular weight excluding hydrogens is 472 g/mol. The lowest BCUT2D eigenvalue weighted by Crippen LogP contribution is -2.09. The van der Waals surface area contributed by atoms with Crippen LogP contribution in [0.4, 0.5) is 10.1 Å². The molecule has 0 saturated carbocycles. The molecule has 0 spiro atoms. The molecule has 0 fully saturated rings. The molecule has 1 N–H and O–H groups in total. The van der Waals surface area contributed by atoms with Gasteiger partial charge in [0, 0.05) is 21.8 Å². The van der Waals surface area contributed by atoms with Crippen molar-refractivity contribution in [2.75, 3.05) is 5.32 Å². The zero-order valence-corrected chi connectivity index (χ0v) is 19.3. The van der Waals surface area contributed by atoms with E-state index in [2.05, 4.69) is 10.4 Å². The zero-order valence-electron chi connectivity index (χ0n) is 16.9. The third-order valence-electron chi connectivity index (χ3n) is 4.65. The van der Waals surface area contributed by atoms with Crippen molar-refractivity contribution in [3.63, 3.8) is 0 Å². The summed E-state index contributed by atoms with van der Waals surface area (Å²) in [6, 6.07) is 11.5. The van der Waals surface area contributed by atoms with Crippen LogP contribution in [-0.4, -0.2) is 15.7 Å². The van der Waals surface area contributed by atoms with Crippen LogP contribution < -0.4 is 10.1 Å². The molecule has 0 atom stereocenters. The summed E-state index contributed by atoms with van der Waals surface area (Å²) in [6.07, 6.45) is 3.24. The molecule has 0 saturated heterocycles. The largest absolute Gasteiger partial charge is 0.489 e. The van der Waals surface area contributed by atoms with Crippen LogP contribution in [0.5, 0.6) is 5.75 Å². The predicted octanol–water partition coefficient (Wildman–Crippen LogP) is 6.58. The van der Waals surface area contributed by atoms with E-state index in [1.165, 1.54) is 23.5 Å². The van der Waals surface area contributed by atoms with Crippen LogP contribution in [0.1, 0.15) is 26.4 Å². The number of thiophene rings is 1. The Bertz CT molecular complexity index is 1270. The van der Waals surface area contributed by atoms with E-state index >= 15 is 0 Å². The highest BCUT2D eigenvalue weighted by molar-refractivity contribution is 7.12. The van der Waals surface area contributed by atoms with Crippen LogP contribution in [0.2, 0.25) is 10.0 Å². The number of halogens is 3. The first-order valence-corrected chi connectivity index (χ1v) is 11.2. The van der Waals surface area contributed by atoms with E-state index in [9.17, 15) is 9.18 Å². The maximum atomic E-state index is 13.2. The molecule has 1 amide bonds. The minimum Gasteiger partial charge on any atom is -0.489 e. The summed E-state index contributed by atoms with van der Waals surface area (Å²) >= 11 is 13.4. The summed E-state index contributed by atoms with van der Waals surface area (Å²) < 4.78 is 20.7. The SMILES string of the molecule is Cc1cc(Cl)ccc1OCc1csc(C(=O)Nc2cnn(Cc3ccc(F)cc3Cl)c2)c1. The number of hydrogen-bond donors (Lipinski definition) is 1. The Morgan fingerprint density at radius 3 is 2.84 bits per heavy atom. The Kier molecular flexibility index (Phi) is 6.79.